The second-order valence-electron chi connectivity index (χ2n) is 7.44. The number of nitrogens with one attached hydrogen (secondary N) is 1. The Balaban J connectivity index is 2.03. The van der Waals surface area contributed by atoms with E-state index in [2.05, 4.69) is 5.32 Å². The van der Waals surface area contributed by atoms with Gasteiger partial charge in [0, 0.05) is 10.8 Å². The number of hydrogen-bond acceptors (Lipinski definition) is 3. The molecule has 0 spiro atoms. The summed E-state index contributed by atoms with van der Waals surface area (Å²) >= 11 is 0. The van der Waals surface area contributed by atoms with E-state index in [1.54, 1.807) is 24.3 Å². The van der Waals surface area contributed by atoms with Crippen LogP contribution in [-0.4, -0.2) is 22.5 Å². The van der Waals surface area contributed by atoms with Crippen molar-refractivity contribution in [2.24, 2.45) is 0 Å². The van der Waals surface area contributed by atoms with Crippen LogP contribution in [0, 0.1) is 12.7 Å². The minimum Gasteiger partial charge on any atom is -0.487 e. The predicted molar refractivity (Wildman–Crippen MR) is 109 cm³/mol. The number of fused-ring (bicyclic) bond motifs is 1. The Hall–Kier alpha value is -3.41. The van der Waals surface area contributed by atoms with Gasteiger partial charge in [-0.05, 0) is 32.4 Å². The van der Waals surface area contributed by atoms with Crippen molar-refractivity contribution >= 4 is 22.6 Å². The summed E-state index contributed by atoms with van der Waals surface area (Å²) in [6.07, 6.45) is 0. The lowest BCUT2D eigenvalue weighted by molar-refractivity contribution is -0.143. The first kappa shape index (κ1) is 20.3. The maximum absolute atomic E-state index is 14.6. The Morgan fingerprint density at radius 1 is 1.07 bits per heavy atom. The number of ether oxygens (including phenoxy) is 1. The molecule has 0 aliphatic heterocycles. The molecule has 6 heteroatoms. The molecule has 2 N–H and O–H groups in total. The minimum atomic E-state index is -1.52. The molecule has 150 valence electrons. The average Bonchev–Trinajstić information content (AvgIpc) is 2.68. The molecule has 0 bridgehead atoms. The van der Waals surface area contributed by atoms with E-state index in [9.17, 15) is 19.1 Å². The molecule has 0 saturated heterocycles. The quantitative estimate of drug-likeness (QED) is 0.646. The molecule has 0 aliphatic rings. The Kier molecular flexibility index (Phi) is 5.55. The van der Waals surface area contributed by atoms with Gasteiger partial charge >= 0.3 is 5.97 Å². The summed E-state index contributed by atoms with van der Waals surface area (Å²) in [4.78, 5) is 24.2. The Morgan fingerprint density at radius 2 is 1.69 bits per heavy atom. The number of aliphatic carboxylic acids is 1. The lowest BCUT2D eigenvalue weighted by Crippen LogP contribution is -2.49. The third-order valence-electron chi connectivity index (χ3n) is 4.65. The topological polar surface area (TPSA) is 75.6 Å². The van der Waals surface area contributed by atoms with Gasteiger partial charge in [-0.2, -0.15) is 0 Å². The minimum absolute atomic E-state index is 0.0531. The average molecular weight is 395 g/mol. The van der Waals surface area contributed by atoms with Crippen LogP contribution in [0.2, 0.25) is 0 Å². The summed E-state index contributed by atoms with van der Waals surface area (Å²) in [6.45, 7) is 4.87. The molecule has 3 aromatic carbocycles. The summed E-state index contributed by atoms with van der Waals surface area (Å²) < 4.78 is 20.6. The van der Waals surface area contributed by atoms with Gasteiger partial charge in [0.2, 0.25) is 0 Å². The maximum atomic E-state index is 14.6. The van der Waals surface area contributed by atoms with Crippen molar-refractivity contribution < 1.29 is 23.8 Å². The lowest BCUT2D eigenvalue weighted by atomic mass is 10.0. The number of carboxylic acid groups (broad SMARTS) is 1. The fourth-order valence-electron chi connectivity index (χ4n) is 2.87. The molecule has 0 fully saturated rings. The van der Waals surface area contributed by atoms with E-state index in [1.807, 2.05) is 31.2 Å². The first-order chi connectivity index (χ1) is 13.7. The third kappa shape index (κ3) is 4.37. The van der Waals surface area contributed by atoms with Crippen molar-refractivity contribution in [3.63, 3.8) is 0 Å². The van der Waals surface area contributed by atoms with Crippen LogP contribution in [0.1, 0.15) is 35.3 Å². The molecular formula is C23H22FNO4. The summed E-state index contributed by atoms with van der Waals surface area (Å²) in [5.41, 5.74) is 0.425. The van der Waals surface area contributed by atoms with Crippen LogP contribution in [0.25, 0.3) is 10.8 Å². The zero-order valence-electron chi connectivity index (χ0n) is 16.5. The molecule has 0 heterocycles. The first-order valence-electron chi connectivity index (χ1n) is 9.14. The molecule has 0 unspecified atom stereocenters. The van der Waals surface area contributed by atoms with Gasteiger partial charge in [0.25, 0.3) is 5.91 Å². The normalized spacial score (nSPS) is 11.3. The number of carboxylic acids is 1. The Bertz CT molecular complexity index is 1070. The van der Waals surface area contributed by atoms with Crippen LogP contribution in [0.3, 0.4) is 0 Å². The van der Waals surface area contributed by atoms with Gasteiger partial charge in [-0.15, -0.1) is 0 Å². The molecule has 0 saturated carbocycles. The number of carbonyl (C=O) groups excluding carboxylic acids is 1. The van der Waals surface area contributed by atoms with Gasteiger partial charge in [0.05, 0.1) is 5.56 Å². The molecule has 0 atom stereocenters. The second-order valence-corrected chi connectivity index (χ2v) is 7.44. The van der Waals surface area contributed by atoms with Gasteiger partial charge in [0.1, 0.15) is 23.7 Å². The highest BCUT2D eigenvalue weighted by Crippen LogP contribution is 2.33. The number of aryl methyl sites for hydroxylation is 1. The van der Waals surface area contributed by atoms with Crippen molar-refractivity contribution in [3.8, 4) is 5.75 Å². The number of hydrogen-bond donors (Lipinski definition) is 2. The van der Waals surface area contributed by atoms with Crippen LogP contribution in [-0.2, 0) is 11.4 Å². The van der Waals surface area contributed by atoms with E-state index >= 15 is 0 Å². The van der Waals surface area contributed by atoms with Gasteiger partial charge in [-0.3, -0.25) is 4.79 Å². The van der Waals surface area contributed by atoms with Gasteiger partial charge < -0.3 is 15.2 Å². The number of carbonyl (C=O) groups is 2. The molecule has 5 nitrogen and oxygen atoms in total. The fraction of sp³-hybridized carbons (Fsp3) is 0.217. The Morgan fingerprint density at radius 3 is 2.31 bits per heavy atom. The monoisotopic (exact) mass is 395 g/mol. The largest absolute Gasteiger partial charge is 0.487 e. The van der Waals surface area contributed by atoms with Crippen LogP contribution in [0.15, 0.2) is 54.6 Å². The van der Waals surface area contributed by atoms with E-state index < -0.39 is 23.2 Å². The first-order valence-corrected chi connectivity index (χ1v) is 9.14. The third-order valence-corrected chi connectivity index (χ3v) is 4.65. The van der Waals surface area contributed by atoms with E-state index in [1.165, 1.54) is 13.8 Å². The fourth-order valence-corrected chi connectivity index (χ4v) is 2.87. The van der Waals surface area contributed by atoms with Crippen molar-refractivity contribution in [2.45, 2.75) is 32.9 Å². The highest BCUT2D eigenvalue weighted by molar-refractivity contribution is 6.05. The number of rotatable bonds is 6. The van der Waals surface area contributed by atoms with Crippen LogP contribution in [0.5, 0.6) is 5.75 Å². The van der Waals surface area contributed by atoms with Crippen molar-refractivity contribution in [3.05, 3.63) is 77.1 Å². The van der Waals surface area contributed by atoms with Gasteiger partial charge in [-0.25, -0.2) is 9.18 Å². The zero-order valence-corrected chi connectivity index (χ0v) is 16.5. The highest BCUT2D eigenvalue weighted by atomic mass is 19.1. The molecule has 0 aliphatic carbocycles. The smallest absolute Gasteiger partial charge is 0.328 e. The SMILES string of the molecule is Cc1ccc(COc2c(C(=O)NC(C)(C)C(=O)O)cc(F)c3ccccc23)cc1. The van der Waals surface area contributed by atoms with Gasteiger partial charge in [0.15, 0.2) is 0 Å². The molecule has 0 radical (unpaired) electrons. The molecule has 1 amide bonds. The van der Waals surface area contributed by atoms with Crippen LogP contribution >= 0.6 is 0 Å². The number of amides is 1. The predicted octanol–water partition coefficient (Wildman–Crippen LogP) is 4.46. The summed E-state index contributed by atoms with van der Waals surface area (Å²) in [5.74, 6) is -2.29. The summed E-state index contributed by atoms with van der Waals surface area (Å²) in [7, 11) is 0. The lowest BCUT2D eigenvalue weighted by Gasteiger charge is -2.22. The summed E-state index contributed by atoms with van der Waals surface area (Å²) in [5, 5.41) is 12.5. The Labute approximate surface area is 168 Å². The van der Waals surface area contributed by atoms with E-state index in [0.717, 1.165) is 17.2 Å². The molecule has 3 aromatic rings. The van der Waals surface area contributed by atoms with Gasteiger partial charge in [-0.1, -0.05) is 54.1 Å². The number of halogens is 1. The molecule has 0 aromatic heterocycles. The van der Waals surface area contributed by atoms with E-state index in [0.29, 0.717) is 10.8 Å². The summed E-state index contributed by atoms with van der Waals surface area (Å²) in [6, 6.07) is 15.5. The van der Waals surface area contributed by atoms with Crippen molar-refractivity contribution in [2.75, 3.05) is 0 Å². The molecule has 3 rings (SSSR count). The second kappa shape index (κ2) is 7.91. The zero-order chi connectivity index (χ0) is 21.2. The van der Waals surface area contributed by atoms with Crippen LogP contribution in [0.4, 0.5) is 4.39 Å². The van der Waals surface area contributed by atoms with Crippen molar-refractivity contribution in [1.82, 2.24) is 5.32 Å². The highest BCUT2D eigenvalue weighted by Gasteiger charge is 2.31. The molecular weight excluding hydrogens is 373 g/mol. The molecule has 29 heavy (non-hydrogen) atoms. The van der Waals surface area contributed by atoms with E-state index in [-0.39, 0.29) is 17.9 Å². The van der Waals surface area contributed by atoms with E-state index in [4.69, 9.17) is 4.74 Å². The van der Waals surface area contributed by atoms with Crippen molar-refractivity contribution in [1.29, 1.82) is 0 Å². The maximum Gasteiger partial charge on any atom is 0.328 e. The standard InChI is InChI=1S/C23H22FNO4/c1-14-8-10-15(11-9-14)13-29-20-17-7-5-4-6-16(17)19(24)12-18(20)21(26)25-23(2,3)22(27)28/h4-12H,13H2,1-3H3,(H,25,26)(H,27,28). The number of benzene rings is 3. The van der Waals surface area contributed by atoms with Crippen LogP contribution < -0.4 is 10.1 Å².